The van der Waals surface area contributed by atoms with E-state index in [1.807, 2.05) is 5.32 Å². The molecule has 20 heavy (non-hydrogen) atoms. The Balaban J connectivity index is 4.74. The SMILES string of the molecule is NC(CS)C(=O)NC(C(=O)O)C(=O)C(N)CCC(=O)O. The first-order valence-electron chi connectivity index (χ1n) is 5.61. The lowest BCUT2D eigenvalue weighted by Crippen LogP contribution is -2.56. The number of carbonyl (C=O) groups excluding carboxylic acids is 2. The molecule has 9 nitrogen and oxygen atoms in total. The van der Waals surface area contributed by atoms with E-state index in [4.69, 9.17) is 21.7 Å². The van der Waals surface area contributed by atoms with Crippen LogP contribution in [0.2, 0.25) is 0 Å². The fraction of sp³-hybridized carbons (Fsp3) is 0.600. The van der Waals surface area contributed by atoms with Crippen molar-refractivity contribution in [3.8, 4) is 0 Å². The van der Waals surface area contributed by atoms with Gasteiger partial charge >= 0.3 is 11.9 Å². The maximum absolute atomic E-state index is 11.8. The quantitative estimate of drug-likeness (QED) is 0.201. The second-order valence-corrected chi connectivity index (χ2v) is 4.38. The van der Waals surface area contributed by atoms with Gasteiger partial charge in [0, 0.05) is 12.2 Å². The van der Waals surface area contributed by atoms with Crippen molar-refractivity contribution in [2.24, 2.45) is 11.5 Å². The predicted octanol–water partition coefficient (Wildman–Crippen LogP) is -2.43. The highest BCUT2D eigenvalue weighted by molar-refractivity contribution is 7.80. The Morgan fingerprint density at radius 1 is 1.10 bits per heavy atom. The Hall–Kier alpha value is -1.65. The van der Waals surface area contributed by atoms with Gasteiger partial charge in [-0.05, 0) is 6.42 Å². The highest BCUT2D eigenvalue weighted by atomic mass is 32.1. The molecule has 0 fully saturated rings. The largest absolute Gasteiger partial charge is 0.481 e. The van der Waals surface area contributed by atoms with E-state index in [0.717, 1.165) is 0 Å². The summed E-state index contributed by atoms with van der Waals surface area (Å²) in [5.41, 5.74) is 10.8. The van der Waals surface area contributed by atoms with Crippen LogP contribution >= 0.6 is 12.6 Å². The molecule has 0 spiro atoms. The molecular weight excluding hydrogens is 290 g/mol. The molecule has 0 aromatic rings. The fourth-order valence-corrected chi connectivity index (χ4v) is 1.39. The minimum absolute atomic E-state index is 0.0303. The molecular formula is C10H17N3O6S. The van der Waals surface area contributed by atoms with Crippen LogP contribution in [-0.2, 0) is 19.2 Å². The molecule has 0 aromatic heterocycles. The summed E-state index contributed by atoms with van der Waals surface area (Å²) < 4.78 is 0. The zero-order valence-electron chi connectivity index (χ0n) is 10.5. The zero-order valence-corrected chi connectivity index (χ0v) is 11.4. The molecule has 0 bridgehead atoms. The van der Waals surface area contributed by atoms with Crippen LogP contribution in [0.25, 0.3) is 0 Å². The van der Waals surface area contributed by atoms with Gasteiger partial charge in [0.15, 0.2) is 11.8 Å². The maximum atomic E-state index is 11.8. The third-order valence-corrected chi connectivity index (χ3v) is 2.78. The number of ketones is 1. The maximum Gasteiger partial charge on any atom is 0.334 e. The summed E-state index contributed by atoms with van der Waals surface area (Å²) in [6, 6.07) is -4.24. The van der Waals surface area contributed by atoms with Crippen LogP contribution in [0.1, 0.15) is 12.8 Å². The standard InChI is InChI=1S/C10H17N3O6S/c11-4(1-2-6(14)15)8(16)7(10(18)19)13-9(17)5(12)3-20/h4-5,7,20H,1-3,11-12H2,(H,13,17)(H,14,15)(H,18,19). The summed E-state index contributed by atoms with van der Waals surface area (Å²) in [5, 5.41) is 19.3. The molecule has 114 valence electrons. The average Bonchev–Trinajstić information content (AvgIpc) is 2.39. The minimum Gasteiger partial charge on any atom is -0.481 e. The van der Waals surface area contributed by atoms with Gasteiger partial charge in [-0.2, -0.15) is 12.6 Å². The molecule has 3 atom stereocenters. The number of thiol groups is 1. The normalized spacial score (nSPS) is 14.9. The number of nitrogens with one attached hydrogen (secondary N) is 1. The molecule has 7 N–H and O–H groups in total. The second-order valence-electron chi connectivity index (χ2n) is 4.01. The van der Waals surface area contributed by atoms with Crippen molar-refractivity contribution in [1.29, 1.82) is 0 Å². The van der Waals surface area contributed by atoms with Crippen LogP contribution in [0.5, 0.6) is 0 Å². The van der Waals surface area contributed by atoms with Gasteiger partial charge in [-0.25, -0.2) is 4.79 Å². The highest BCUT2D eigenvalue weighted by Crippen LogP contribution is 2.01. The highest BCUT2D eigenvalue weighted by Gasteiger charge is 2.33. The van der Waals surface area contributed by atoms with E-state index >= 15 is 0 Å². The third-order valence-electron chi connectivity index (χ3n) is 2.39. The average molecular weight is 307 g/mol. The van der Waals surface area contributed by atoms with Crippen LogP contribution in [0.15, 0.2) is 0 Å². The van der Waals surface area contributed by atoms with Gasteiger partial charge in [-0.15, -0.1) is 0 Å². The molecule has 0 saturated heterocycles. The topological polar surface area (TPSA) is 173 Å². The van der Waals surface area contributed by atoms with Crippen molar-refractivity contribution in [2.75, 3.05) is 5.75 Å². The monoisotopic (exact) mass is 307 g/mol. The number of Topliss-reactive ketones (excluding diaryl/α,β-unsaturated/α-hetero) is 1. The van der Waals surface area contributed by atoms with Gasteiger partial charge in [-0.3, -0.25) is 14.4 Å². The molecule has 10 heteroatoms. The molecule has 1 amide bonds. The smallest absolute Gasteiger partial charge is 0.334 e. The van der Waals surface area contributed by atoms with E-state index in [0.29, 0.717) is 0 Å². The van der Waals surface area contributed by atoms with Gasteiger partial charge in [-0.1, -0.05) is 0 Å². The van der Waals surface area contributed by atoms with Crippen molar-refractivity contribution in [2.45, 2.75) is 31.0 Å². The first kappa shape index (κ1) is 18.4. The number of carbonyl (C=O) groups is 4. The molecule has 0 aliphatic rings. The first-order valence-corrected chi connectivity index (χ1v) is 6.24. The number of carboxylic acid groups (broad SMARTS) is 2. The first-order chi connectivity index (χ1) is 9.20. The van der Waals surface area contributed by atoms with Gasteiger partial charge in [0.1, 0.15) is 0 Å². The molecule has 0 rings (SSSR count). The summed E-state index contributed by atoms with van der Waals surface area (Å²) in [5.74, 6) is -4.64. The molecule has 0 aliphatic carbocycles. The van der Waals surface area contributed by atoms with Crippen LogP contribution < -0.4 is 16.8 Å². The summed E-state index contributed by atoms with van der Waals surface area (Å²) in [6.45, 7) is 0. The Labute approximate surface area is 120 Å². The number of amides is 1. The van der Waals surface area contributed by atoms with Crippen molar-refractivity contribution in [3.63, 3.8) is 0 Å². The Morgan fingerprint density at radius 2 is 1.65 bits per heavy atom. The minimum atomic E-state index is -1.86. The summed E-state index contributed by atoms with van der Waals surface area (Å²) in [4.78, 5) is 44.5. The van der Waals surface area contributed by atoms with E-state index in [1.165, 1.54) is 0 Å². The van der Waals surface area contributed by atoms with E-state index in [1.54, 1.807) is 0 Å². The second kappa shape index (κ2) is 8.51. The summed E-state index contributed by atoms with van der Waals surface area (Å²) in [7, 11) is 0. The zero-order chi connectivity index (χ0) is 15.9. The van der Waals surface area contributed by atoms with Crippen molar-refractivity contribution in [3.05, 3.63) is 0 Å². The molecule has 0 aromatic carbocycles. The Morgan fingerprint density at radius 3 is 2.05 bits per heavy atom. The lowest BCUT2D eigenvalue weighted by molar-refractivity contribution is -0.146. The number of carboxylic acids is 2. The summed E-state index contributed by atoms with van der Waals surface area (Å²) in [6.07, 6.45) is -0.615. The van der Waals surface area contributed by atoms with Crippen molar-refractivity contribution in [1.82, 2.24) is 5.32 Å². The van der Waals surface area contributed by atoms with Crippen LogP contribution in [0, 0.1) is 0 Å². The number of rotatable bonds is 9. The van der Waals surface area contributed by atoms with E-state index < -0.39 is 41.8 Å². The van der Waals surface area contributed by atoms with E-state index in [-0.39, 0.29) is 18.6 Å². The lowest BCUT2D eigenvalue weighted by Gasteiger charge is -2.19. The lowest BCUT2D eigenvalue weighted by atomic mass is 10.0. The predicted molar refractivity (Wildman–Crippen MR) is 71.2 cm³/mol. The van der Waals surface area contributed by atoms with Crippen molar-refractivity contribution < 1.29 is 29.4 Å². The van der Waals surface area contributed by atoms with Crippen LogP contribution in [0.4, 0.5) is 0 Å². The number of hydrogen-bond acceptors (Lipinski definition) is 7. The van der Waals surface area contributed by atoms with Crippen LogP contribution in [-0.4, -0.2) is 57.7 Å². The number of hydrogen-bond donors (Lipinski definition) is 6. The fourth-order valence-electron chi connectivity index (χ4n) is 1.22. The number of aliphatic carboxylic acids is 2. The summed E-state index contributed by atoms with van der Waals surface area (Å²) >= 11 is 3.77. The Bertz CT molecular complexity index is 402. The van der Waals surface area contributed by atoms with Gasteiger partial charge < -0.3 is 27.0 Å². The molecule has 0 aliphatic heterocycles. The molecule has 3 unspecified atom stereocenters. The molecule has 0 radical (unpaired) electrons. The van der Waals surface area contributed by atoms with Gasteiger partial charge in [0.2, 0.25) is 5.91 Å². The third kappa shape index (κ3) is 5.99. The van der Waals surface area contributed by atoms with Crippen LogP contribution in [0.3, 0.4) is 0 Å². The van der Waals surface area contributed by atoms with E-state index in [2.05, 4.69) is 12.6 Å². The van der Waals surface area contributed by atoms with Crippen molar-refractivity contribution >= 4 is 36.3 Å². The number of nitrogens with two attached hydrogens (primary N) is 2. The van der Waals surface area contributed by atoms with E-state index in [9.17, 15) is 19.2 Å². The molecule has 0 heterocycles. The van der Waals surface area contributed by atoms with Gasteiger partial charge in [0.05, 0.1) is 12.1 Å². The Kier molecular flexibility index (Phi) is 7.80. The van der Waals surface area contributed by atoms with Gasteiger partial charge in [0.25, 0.3) is 0 Å². The molecule has 0 saturated carbocycles.